The van der Waals surface area contributed by atoms with E-state index in [1.165, 1.54) is 0 Å². The average Bonchev–Trinajstić information content (AvgIpc) is 2.48. The Kier molecular flexibility index (Phi) is 5.61. The van der Waals surface area contributed by atoms with Gasteiger partial charge in [-0.05, 0) is 63.7 Å². The quantitative estimate of drug-likeness (QED) is 0.842. The second-order valence-corrected chi connectivity index (χ2v) is 7.36. The van der Waals surface area contributed by atoms with Crippen molar-refractivity contribution in [1.29, 1.82) is 0 Å². The molecule has 0 bridgehead atoms. The van der Waals surface area contributed by atoms with Gasteiger partial charge in [0.25, 0.3) is 0 Å². The molecule has 1 aliphatic heterocycles. The van der Waals surface area contributed by atoms with E-state index in [4.69, 9.17) is 0 Å². The van der Waals surface area contributed by atoms with Gasteiger partial charge in [-0.3, -0.25) is 0 Å². The number of sulfonamides is 1. The topological polar surface area (TPSA) is 61.4 Å². The fraction of sp³-hybridized carbons (Fsp3) is 0.600. The molecule has 2 rings (SSSR count). The first-order valence-corrected chi connectivity index (χ1v) is 9.04. The highest BCUT2D eigenvalue weighted by Crippen LogP contribution is 2.16. The van der Waals surface area contributed by atoms with E-state index in [0.29, 0.717) is 4.90 Å². The van der Waals surface area contributed by atoms with Crippen LogP contribution in [0.25, 0.3) is 0 Å². The molecule has 0 amide bonds. The first kappa shape index (κ1) is 16.3. The molecule has 0 spiro atoms. The van der Waals surface area contributed by atoms with E-state index in [2.05, 4.69) is 28.9 Å². The summed E-state index contributed by atoms with van der Waals surface area (Å²) in [6, 6.07) is 7.01. The largest absolute Gasteiger partial charge is 0.385 e. The summed E-state index contributed by atoms with van der Waals surface area (Å²) >= 11 is 0. The van der Waals surface area contributed by atoms with E-state index >= 15 is 0 Å². The van der Waals surface area contributed by atoms with Gasteiger partial charge in [0, 0.05) is 18.3 Å². The van der Waals surface area contributed by atoms with E-state index in [9.17, 15) is 8.42 Å². The molecule has 0 unspecified atom stereocenters. The Hall–Kier alpha value is -1.11. The van der Waals surface area contributed by atoms with Crippen molar-refractivity contribution in [3.05, 3.63) is 24.3 Å². The third kappa shape index (κ3) is 4.69. The maximum Gasteiger partial charge on any atom is 0.240 e. The van der Waals surface area contributed by atoms with Crippen molar-refractivity contribution in [2.24, 2.45) is 0 Å². The Morgan fingerprint density at radius 1 is 1.19 bits per heavy atom. The molecule has 5 nitrogen and oxygen atoms in total. The van der Waals surface area contributed by atoms with Gasteiger partial charge in [-0.25, -0.2) is 13.1 Å². The van der Waals surface area contributed by atoms with Crippen molar-refractivity contribution >= 4 is 15.7 Å². The number of hydrogen-bond acceptors (Lipinski definition) is 4. The summed E-state index contributed by atoms with van der Waals surface area (Å²) < 4.78 is 27.5. The number of piperidine rings is 1. The molecule has 0 atom stereocenters. The number of nitrogens with zero attached hydrogens (tertiary/aromatic N) is 1. The van der Waals surface area contributed by atoms with Gasteiger partial charge in [0.15, 0.2) is 0 Å². The Morgan fingerprint density at radius 3 is 2.38 bits per heavy atom. The number of rotatable bonds is 6. The second-order valence-electron chi connectivity index (χ2n) is 5.65. The van der Waals surface area contributed by atoms with Gasteiger partial charge in [0.1, 0.15) is 0 Å². The lowest BCUT2D eigenvalue weighted by Gasteiger charge is -2.29. The predicted molar refractivity (Wildman–Crippen MR) is 86.1 cm³/mol. The van der Waals surface area contributed by atoms with Gasteiger partial charge < -0.3 is 10.2 Å². The first-order chi connectivity index (χ1) is 10.0. The van der Waals surface area contributed by atoms with E-state index in [-0.39, 0.29) is 6.04 Å². The zero-order valence-corrected chi connectivity index (χ0v) is 13.6. The van der Waals surface area contributed by atoms with E-state index < -0.39 is 10.0 Å². The van der Waals surface area contributed by atoms with Crippen LogP contribution in [0.4, 0.5) is 5.69 Å². The Balaban J connectivity index is 1.98. The molecule has 0 saturated carbocycles. The smallest absolute Gasteiger partial charge is 0.240 e. The van der Waals surface area contributed by atoms with Crippen LogP contribution in [0.15, 0.2) is 29.2 Å². The standard InChI is InChI=1S/C15H25N3O2S/c1-3-10-16-13-4-6-15(7-5-13)21(19,20)17-14-8-11-18(2)12-9-14/h4-7,14,16-17H,3,8-12H2,1-2H3. The van der Waals surface area contributed by atoms with Crippen molar-refractivity contribution < 1.29 is 8.42 Å². The molecule has 21 heavy (non-hydrogen) atoms. The average molecular weight is 311 g/mol. The lowest BCUT2D eigenvalue weighted by molar-refractivity contribution is 0.248. The number of benzene rings is 1. The lowest BCUT2D eigenvalue weighted by atomic mass is 10.1. The number of nitrogens with one attached hydrogen (secondary N) is 2. The van der Waals surface area contributed by atoms with Gasteiger partial charge in [-0.15, -0.1) is 0 Å². The van der Waals surface area contributed by atoms with Crippen LogP contribution >= 0.6 is 0 Å². The van der Waals surface area contributed by atoms with Crippen molar-refractivity contribution in [3.63, 3.8) is 0 Å². The van der Waals surface area contributed by atoms with Gasteiger partial charge in [0.2, 0.25) is 10.0 Å². The number of anilines is 1. The molecular weight excluding hydrogens is 286 g/mol. The molecule has 0 aromatic heterocycles. The van der Waals surface area contributed by atoms with Gasteiger partial charge in [0.05, 0.1) is 4.90 Å². The molecule has 1 saturated heterocycles. The minimum absolute atomic E-state index is 0.0455. The molecule has 1 aromatic rings. The minimum Gasteiger partial charge on any atom is -0.385 e. The number of likely N-dealkylation sites (tertiary alicyclic amines) is 1. The maximum absolute atomic E-state index is 12.4. The Bertz CT molecular complexity index is 535. The summed E-state index contributed by atoms with van der Waals surface area (Å²) in [5.41, 5.74) is 0.954. The highest BCUT2D eigenvalue weighted by atomic mass is 32.2. The van der Waals surface area contributed by atoms with Crippen LogP contribution < -0.4 is 10.0 Å². The Morgan fingerprint density at radius 2 is 1.81 bits per heavy atom. The second kappa shape index (κ2) is 7.24. The molecule has 118 valence electrons. The summed E-state index contributed by atoms with van der Waals surface area (Å²) in [5.74, 6) is 0. The van der Waals surface area contributed by atoms with Crippen LogP contribution in [-0.2, 0) is 10.0 Å². The van der Waals surface area contributed by atoms with Crippen molar-refractivity contribution in [3.8, 4) is 0 Å². The molecular formula is C15H25N3O2S. The fourth-order valence-corrected chi connectivity index (χ4v) is 3.74. The van der Waals surface area contributed by atoms with Crippen molar-refractivity contribution in [2.75, 3.05) is 32.0 Å². The SMILES string of the molecule is CCCNc1ccc(S(=O)(=O)NC2CCN(C)CC2)cc1. The van der Waals surface area contributed by atoms with Crippen LogP contribution in [-0.4, -0.2) is 46.0 Å². The lowest BCUT2D eigenvalue weighted by Crippen LogP contribution is -2.43. The first-order valence-electron chi connectivity index (χ1n) is 7.56. The van der Waals surface area contributed by atoms with Gasteiger partial charge >= 0.3 is 0 Å². The van der Waals surface area contributed by atoms with Crippen LogP contribution in [0.3, 0.4) is 0 Å². The molecule has 1 fully saturated rings. The molecule has 6 heteroatoms. The van der Waals surface area contributed by atoms with E-state index in [1.807, 2.05) is 12.1 Å². The molecule has 0 aliphatic carbocycles. The summed E-state index contributed by atoms with van der Waals surface area (Å²) in [6.45, 7) is 4.86. The highest BCUT2D eigenvalue weighted by Gasteiger charge is 2.23. The molecule has 1 heterocycles. The zero-order valence-electron chi connectivity index (χ0n) is 12.8. The third-order valence-electron chi connectivity index (χ3n) is 3.78. The van der Waals surface area contributed by atoms with E-state index in [1.54, 1.807) is 12.1 Å². The fourth-order valence-electron chi connectivity index (χ4n) is 2.44. The number of hydrogen-bond donors (Lipinski definition) is 2. The summed E-state index contributed by atoms with van der Waals surface area (Å²) in [7, 11) is -1.35. The van der Waals surface area contributed by atoms with E-state index in [0.717, 1.165) is 44.6 Å². The van der Waals surface area contributed by atoms with Crippen LogP contribution in [0.5, 0.6) is 0 Å². The Labute approximate surface area is 127 Å². The summed E-state index contributed by atoms with van der Waals surface area (Å²) in [6.07, 6.45) is 2.77. The van der Waals surface area contributed by atoms with Crippen LogP contribution in [0.2, 0.25) is 0 Å². The third-order valence-corrected chi connectivity index (χ3v) is 5.32. The summed E-state index contributed by atoms with van der Waals surface area (Å²) in [5, 5.41) is 3.24. The summed E-state index contributed by atoms with van der Waals surface area (Å²) in [4.78, 5) is 2.56. The normalized spacial score (nSPS) is 17.8. The van der Waals surface area contributed by atoms with Crippen molar-refractivity contribution in [1.82, 2.24) is 9.62 Å². The highest BCUT2D eigenvalue weighted by molar-refractivity contribution is 7.89. The van der Waals surface area contributed by atoms with Gasteiger partial charge in [-0.2, -0.15) is 0 Å². The van der Waals surface area contributed by atoms with Gasteiger partial charge in [-0.1, -0.05) is 6.92 Å². The van der Waals surface area contributed by atoms with Crippen LogP contribution in [0, 0.1) is 0 Å². The monoisotopic (exact) mass is 311 g/mol. The molecule has 1 aromatic carbocycles. The molecule has 0 radical (unpaired) electrons. The van der Waals surface area contributed by atoms with Crippen molar-refractivity contribution in [2.45, 2.75) is 37.1 Å². The maximum atomic E-state index is 12.4. The molecule has 1 aliphatic rings. The molecule has 2 N–H and O–H groups in total. The minimum atomic E-state index is -3.41. The predicted octanol–water partition coefficient (Wildman–Crippen LogP) is 1.88. The van der Waals surface area contributed by atoms with Crippen LogP contribution in [0.1, 0.15) is 26.2 Å². The zero-order chi connectivity index (χ0) is 15.3.